The number of hydrogen-bond acceptors (Lipinski definition) is 5. The molecule has 1 aliphatic rings. The summed E-state index contributed by atoms with van der Waals surface area (Å²) >= 11 is 0. The number of benzene rings is 2. The van der Waals surface area contributed by atoms with E-state index in [9.17, 15) is 22.8 Å². The minimum atomic E-state index is -4.12. The molecule has 0 radical (unpaired) electrons. The van der Waals surface area contributed by atoms with Gasteiger partial charge in [0, 0.05) is 12.6 Å². The molecule has 0 saturated heterocycles. The smallest absolute Gasteiger partial charge is 0.269 e. The van der Waals surface area contributed by atoms with Crippen molar-refractivity contribution in [1.82, 2.24) is 14.5 Å². The Bertz CT molecular complexity index is 1130. The molecule has 3 rings (SSSR count). The van der Waals surface area contributed by atoms with Gasteiger partial charge in [-0.2, -0.15) is 0 Å². The van der Waals surface area contributed by atoms with Gasteiger partial charge in [0.25, 0.3) is 15.9 Å². The summed E-state index contributed by atoms with van der Waals surface area (Å²) in [6, 6.07) is 14.5. The Labute approximate surface area is 194 Å². The summed E-state index contributed by atoms with van der Waals surface area (Å²) in [7, 11) is -4.12. The second kappa shape index (κ2) is 10.2. The van der Waals surface area contributed by atoms with E-state index in [1.807, 2.05) is 44.2 Å². The molecule has 0 aliphatic carbocycles. The molecule has 1 N–H and O–H groups in total. The van der Waals surface area contributed by atoms with Crippen molar-refractivity contribution in [2.45, 2.75) is 50.6 Å². The van der Waals surface area contributed by atoms with Crippen LogP contribution in [0.3, 0.4) is 0 Å². The van der Waals surface area contributed by atoms with E-state index in [0.717, 1.165) is 12.0 Å². The normalized spacial score (nSPS) is 16.1. The lowest BCUT2D eigenvalue weighted by molar-refractivity contribution is -0.140. The van der Waals surface area contributed by atoms with Gasteiger partial charge in [0.1, 0.15) is 17.5 Å². The van der Waals surface area contributed by atoms with Crippen LogP contribution in [0.5, 0.6) is 0 Å². The van der Waals surface area contributed by atoms with Gasteiger partial charge in [-0.1, -0.05) is 49.4 Å². The molecule has 0 aromatic heterocycles. The lowest BCUT2D eigenvalue weighted by Gasteiger charge is -2.30. The number of sulfonamides is 1. The van der Waals surface area contributed by atoms with Gasteiger partial charge in [-0.05, 0) is 44.4 Å². The molecule has 176 valence electrons. The molecular weight excluding hydrogens is 442 g/mol. The zero-order valence-electron chi connectivity index (χ0n) is 19.0. The van der Waals surface area contributed by atoms with Gasteiger partial charge in [0.05, 0.1) is 5.56 Å². The minimum Gasteiger partial charge on any atom is -0.352 e. The van der Waals surface area contributed by atoms with Crippen molar-refractivity contribution in [2.75, 3.05) is 13.1 Å². The predicted octanol–water partition coefficient (Wildman–Crippen LogP) is 2.21. The minimum absolute atomic E-state index is 0.0451. The maximum absolute atomic E-state index is 13.3. The van der Waals surface area contributed by atoms with E-state index >= 15 is 0 Å². The first-order valence-electron chi connectivity index (χ1n) is 11.0. The molecule has 2 atom stereocenters. The Morgan fingerprint density at radius 1 is 1.03 bits per heavy atom. The van der Waals surface area contributed by atoms with Crippen LogP contribution in [0.1, 0.15) is 43.1 Å². The standard InChI is InChI=1S/C24H29N3O5S/c1-4-17(2)25-23(29)18(3)26(15-14-19-10-6-5-7-11-19)22(28)16-27-24(30)20-12-8-9-13-21(20)33(27,31)32/h5-13,17-18H,4,14-16H2,1-3H3,(H,25,29). The predicted molar refractivity (Wildman–Crippen MR) is 124 cm³/mol. The number of carbonyl (C=O) groups is 3. The van der Waals surface area contributed by atoms with Crippen molar-refractivity contribution >= 4 is 27.7 Å². The molecule has 0 fully saturated rings. The molecular formula is C24H29N3O5S. The molecule has 1 aliphatic heterocycles. The van der Waals surface area contributed by atoms with Crippen LogP contribution in [-0.4, -0.2) is 60.5 Å². The second-order valence-electron chi connectivity index (χ2n) is 8.13. The van der Waals surface area contributed by atoms with Crippen LogP contribution in [0.25, 0.3) is 0 Å². The second-order valence-corrected chi connectivity index (χ2v) is 9.96. The van der Waals surface area contributed by atoms with Gasteiger partial charge in [0.2, 0.25) is 11.8 Å². The number of carbonyl (C=O) groups excluding carboxylic acids is 3. The monoisotopic (exact) mass is 471 g/mol. The first-order chi connectivity index (χ1) is 15.7. The Kier molecular flexibility index (Phi) is 7.53. The maximum Gasteiger partial charge on any atom is 0.269 e. The summed E-state index contributed by atoms with van der Waals surface area (Å²) in [5, 5.41) is 2.86. The molecule has 0 bridgehead atoms. The van der Waals surface area contributed by atoms with Gasteiger partial charge in [0.15, 0.2) is 0 Å². The number of rotatable bonds is 9. The van der Waals surface area contributed by atoms with Crippen molar-refractivity contribution in [2.24, 2.45) is 0 Å². The fraction of sp³-hybridized carbons (Fsp3) is 0.375. The zero-order chi connectivity index (χ0) is 24.2. The van der Waals surface area contributed by atoms with Gasteiger partial charge < -0.3 is 10.2 Å². The van der Waals surface area contributed by atoms with Gasteiger partial charge in [-0.3, -0.25) is 14.4 Å². The zero-order valence-corrected chi connectivity index (χ0v) is 19.8. The van der Waals surface area contributed by atoms with Crippen LogP contribution in [-0.2, 0) is 26.0 Å². The molecule has 2 unspecified atom stereocenters. The molecule has 0 saturated carbocycles. The van der Waals surface area contributed by atoms with Crippen molar-refractivity contribution in [1.29, 1.82) is 0 Å². The van der Waals surface area contributed by atoms with E-state index in [2.05, 4.69) is 5.32 Å². The van der Waals surface area contributed by atoms with E-state index in [0.29, 0.717) is 10.7 Å². The first kappa shape index (κ1) is 24.4. The number of nitrogens with zero attached hydrogens (tertiary/aromatic N) is 2. The van der Waals surface area contributed by atoms with Crippen LogP contribution >= 0.6 is 0 Å². The summed E-state index contributed by atoms with van der Waals surface area (Å²) in [6.45, 7) is 4.96. The summed E-state index contributed by atoms with van der Waals surface area (Å²) < 4.78 is 26.3. The molecule has 1 heterocycles. The van der Waals surface area contributed by atoms with E-state index in [-0.39, 0.29) is 29.0 Å². The topological polar surface area (TPSA) is 104 Å². The maximum atomic E-state index is 13.3. The molecule has 2 aromatic rings. The first-order valence-corrected chi connectivity index (χ1v) is 12.4. The highest BCUT2D eigenvalue weighted by atomic mass is 32.2. The molecule has 3 amide bonds. The van der Waals surface area contributed by atoms with Crippen LogP contribution in [0.15, 0.2) is 59.5 Å². The highest BCUT2D eigenvalue weighted by molar-refractivity contribution is 7.90. The van der Waals surface area contributed by atoms with Crippen molar-refractivity contribution < 1.29 is 22.8 Å². The SMILES string of the molecule is CCC(C)NC(=O)C(C)N(CCc1ccccc1)C(=O)CN1C(=O)c2ccccc2S1(=O)=O. The van der Waals surface area contributed by atoms with Crippen LogP contribution in [0.4, 0.5) is 0 Å². The Morgan fingerprint density at radius 2 is 1.67 bits per heavy atom. The van der Waals surface area contributed by atoms with E-state index in [4.69, 9.17) is 0 Å². The van der Waals surface area contributed by atoms with Crippen molar-refractivity contribution in [3.8, 4) is 0 Å². The molecule has 8 nitrogen and oxygen atoms in total. The Morgan fingerprint density at radius 3 is 2.30 bits per heavy atom. The van der Waals surface area contributed by atoms with Crippen LogP contribution in [0.2, 0.25) is 0 Å². The third-order valence-corrected chi connectivity index (χ3v) is 7.63. The van der Waals surface area contributed by atoms with Crippen molar-refractivity contribution in [3.05, 3.63) is 65.7 Å². The lowest BCUT2D eigenvalue weighted by atomic mass is 10.1. The molecule has 2 aromatic carbocycles. The average Bonchev–Trinajstić information content (AvgIpc) is 3.00. The number of nitrogens with one attached hydrogen (secondary N) is 1. The van der Waals surface area contributed by atoms with E-state index in [1.54, 1.807) is 13.0 Å². The highest BCUT2D eigenvalue weighted by Crippen LogP contribution is 2.29. The van der Waals surface area contributed by atoms with Gasteiger partial charge in [-0.25, -0.2) is 12.7 Å². The summed E-state index contributed by atoms with van der Waals surface area (Å²) in [4.78, 5) is 40.0. The van der Waals surface area contributed by atoms with Crippen molar-refractivity contribution in [3.63, 3.8) is 0 Å². The van der Waals surface area contributed by atoms with E-state index in [1.165, 1.54) is 23.1 Å². The van der Waals surface area contributed by atoms with Gasteiger partial charge in [-0.15, -0.1) is 0 Å². The third-order valence-electron chi connectivity index (χ3n) is 5.84. The summed E-state index contributed by atoms with van der Waals surface area (Å²) in [6.07, 6.45) is 1.21. The Hall–Kier alpha value is -3.20. The van der Waals surface area contributed by atoms with Crippen LogP contribution < -0.4 is 5.32 Å². The summed E-state index contributed by atoms with van der Waals surface area (Å²) in [5.74, 6) is -1.68. The fourth-order valence-corrected chi connectivity index (χ4v) is 5.15. The number of amides is 3. The number of hydrogen-bond donors (Lipinski definition) is 1. The third kappa shape index (κ3) is 5.24. The summed E-state index contributed by atoms with van der Waals surface area (Å²) in [5.41, 5.74) is 1.02. The highest BCUT2D eigenvalue weighted by Gasteiger charge is 2.43. The quantitative estimate of drug-likeness (QED) is 0.604. The van der Waals surface area contributed by atoms with Crippen LogP contribution in [0, 0.1) is 0 Å². The molecule has 33 heavy (non-hydrogen) atoms. The van der Waals surface area contributed by atoms with Gasteiger partial charge >= 0.3 is 0 Å². The Balaban J connectivity index is 1.82. The van der Waals surface area contributed by atoms with E-state index < -0.39 is 34.4 Å². The average molecular weight is 472 g/mol. The molecule has 9 heteroatoms. The fourth-order valence-electron chi connectivity index (χ4n) is 3.64. The molecule has 0 spiro atoms. The number of fused-ring (bicyclic) bond motifs is 1. The largest absolute Gasteiger partial charge is 0.352 e. The lowest BCUT2D eigenvalue weighted by Crippen LogP contribution is -2.53.